The summed E-state index contributed by atoms with van der Waals surface area (Å²) in [7, 11) is 2.12. The van der Waals surface area contributed by atoms with E-state index in [9.17, 15) is 4.79 Å². The molecule has 176 valence electrons. The number of rotatable bonds is 5. The van der Waals surface area contributed by atoms with Crippen molar-refractivity contribution in [1.29, 1.82) is 0 Å². The molecule has 2 heterocycles. The first kappa shape index (κ1) is 24.5. The lowest BCUT2D eigenvalue weighted by Crippen LogP contribution is -2.41. The number of likely N-dealkylation sites (N-methyl/N-ethyl adjacent to an activating group) is 1. The first-order chi connectivity index (χ1) is 16.1. The zero-order chi connectivity index (χ0) is 23.8. The second-order valence-corrected chi connectivity index (χ2v) is 8.16. The Morgan fingerprint density at radius 1 is 1.06 bits per heavy atom. The molecule has 3 aromatic rings. The van der Waals surface area contributed by atoms with Gasteiger partial charge in [-0.1, -0.05) is 58.0 Å². The number of para-hydroxylation sites is 2. The molecule has 2 aliphatic rings. The summed E-state index contributed by atoms with van der Waals surface area (Å²) >= 11 is 0. The van der Waals surface area contributed by atoms with Crippen LogP contribution in [0, 0.1) is 5.41 Å². The number of aromatic nitrogens is 2. The van der Waals surface area contributed by atoms with Gasteiger partial charge in [0.15, 0.2) is 0 Å². The molecule has 1 saturated carbocycles. The maximum Gasteiger partial charge on any atom is 0.269 e. The summed E-state index contributed by atoms with van der Waals surface area (Å²) in [5, 5.41) is 10.5. The van der Waals surface area contributed by atoms with Crippen LogP contribution < -0.4 is 10.1 Å². The van der Waals surface area contributed by atoms with Gasteiger partial charge in [0.25, 0.3) is 5.91 Å². The van der Waals surface area contributed by atoms with Gasteiger partial charge < -0.3 is 15.0 Å². The Morgan fingerprint density at radius 2 is 1.73 bits per heavy atom. The zero-order valence-electron chi connectivity index (χ0n) is 20.4. The first-order valence-corrected chi connectivity index (χ1v) is 12.0. The molecule has 1 aromatic heterocycles. The molecule has 2 fully saturated rings. The molecule has 0 radical (unpaired) electrons. The number of benzene rings is 2. The Morgan fingerprint density at radius 3 is 2.42 bits per heavy atom. The number of hydrogen-bond acceptors (Lipinski definition) is 4. The van der Waals surface area contributed by atoms with E-state index < -0.39 is 0 Å². The minimum Gasteiger partial charge on any atom is -0.457 e. The number of carbonyl (C=O) groups is 1. The van der Waals surface area contributed by atoms with Crippen molar-refractivity contribution in [2.24, 2.45) is 5.41 Å². The monoisotopic (exact) mass is 448 g/mol. The topological polar surface area (TPSA) is 70.2 Å². The molecule has 1 unspecified atom stereocenters. The zero-order valence-corrected chi connectivity index (χ0v) is 20.4. The van der Waals surface area contributed by atoms with Crippen molar-refractivity contribution >= 4 is 5.91 Å². The first-order valence-electron chi connectivity index (χ1n) is 12.0. The van der Waals surface area contributed by atoms with Crippen LogP contribution in [0.4, 0.5) is 0 Å². The summed E-state index contributed by atoms with van der Waals surface area (Å²) in [5.74, 6) is 1.36. The van der Waals surface area contributed by atoms with Gasteiger partial charge in [0.2, 0.25) is 0 Å². The molecule has 1 spiro atoms. The fourth-order valence-corrected chi connectivity index (χ4v) is 4.28. The highest BCUT2D eigenvalue weighted by Crippen LogP contribution is 2.52. The van der Waals surface area contributed by atoms with Crippen LogP contribution in [-0.2, 0) is 0 Å². The molecule has 1 aliphatic carbocycles. The SMILES string of the molecule is CC.CC.CN1CC(NC(=O)c2cc(-c3ccccc3Oc3ccccc3)n[nH]2)C2(CC2)C1. The molecule has 6 nitrogen and oxygen atoms in total. The van der Waals surface area contributed by atoms with Crippen molar-refractivity contribution < 1.29 is 9.53 Å². The number of amides is 1. The maximum absolute atomic E-state index is 12.8. The van der Waals surface area contributed by atoms with Crippen molar-refractivity contribution in [3.63, 3.8) is 0 Å². The Bertz CT molecular complexity index is 1030. The third-order valence-corrected chi connectivity index (χ3v) is 5.97. The van der Waals surface area contributed by atoms with Crippen molar-refractivity contribution in [1.82, 2.24) is 20.4 Å². The Balaban J connectivity index is 0.000000728. The van der Waals surface area contributed by atoms with E-state index in [0.29, 0.717) is 17.1 Å². The van der Waals surface area contributed by atoms with E-state index in [1.165, 1.54) is 12.8 Å². The largest absolute Gasteiger partial charge is 0.457 e. The fourth-order valence-electron chi connectivity index (χ4n) is 4.28. The lowest BCUT2D eigenvalue weighted by molar-refractivity contribution is 0.0922. The van der Waals surface area contributed by atoms with E-state index in [1.807, 2.05) is 82.3 Å². The molecular weight excluding hydrogens is 412 g/mol. The van der Waals surface area contributed by atoms with E-state index in [1.54, 1.807) is 6.07 Å². The van der Waals surface area contributed by atoms with Crippen LogP contribution in [0.1, 0.15) is 51.0 Å². The lowest BCUT2D eigenvalue weighted by atomic mass is 10.0. The van der Waals surface area contributed by atoms with Gasteiger partial charge in [-0.15, -0.1) is 0 Å². The third kappa shape index (κ3) is 5.63. The predicted molar refractivity (Wildman–Crippen MR) is 134 cm³/mol. The summed E-state index contributed by atoms with van der Waals surface area (Å²) in [6.07, 6.45) is 2.39. The Kier molecular flexibility index (Phi) is 8.28. The van der Waals surface area contributed by atoms with E-state index in [2.05, 4.69) is 27.5 Å². The summed E-state index contributed by atoms with van der Waals surface area (Å²) in [6, 6.07) is 19.3. The average Bonchev–Trinajstić information content (AvgIpc) is 3.33. The molecule has 1 aliphatic heterocycles. The highest BCUT2D eigenvalue weighted by Gasteiger charge is 2.54. The molecule has 2 aromatic carbocycles. The van der Waals surface area contributed by atoms with Crippen molar-refractivity contribution in [2.45, 2.75) is 46.6 Å². The van der Waals surface area contributed by atoms with Gasteiger partial charge >= 0.3 is 0 Å². The highest BCUT2D eigenvalue weighted by atomic mass is 16.5. The minimum atomic E-state index is -0.100. The number of nitrogens with one attached hydrogen (secondary N) is 2. The van der Waals surface area contributed by atoms with Crippen molar-refractivity contribution in [2.75, 3.05) is 20.1 Å². The Labute approximate surface area is 197 Å². The molecule has 2 N–H and O–H groups in total. The number of hydrogen-bond donors (Lipinski definition) is 2. The van der Waals surface area contributed by atoms with Crippen LogP contribution in [-0.4, -0.2) is 47.2 Å². The number of aromatic amines is 1. The van der Waals surface area contributed by atoms with E-state index >= 15 is 0 Å². The average molecular weight is 449 g/mol. The van der Waals surface area contributed by atoms with Crippen molar-refractivity contribution in [3.05, 3.63) is 66.4 Å². The molecule has 33 heavy (non-hydrogen) atoms. The molecule has 1 saturated heterocycles. The van der Waals surface area contributed by atoms with Crippen LogP contribution in [0.15, 0.2) is 60.7 Å². The minimum absolute atomic E-state index is 0.100. The van der Waals surface area contributed by atoms with Gasteiger partial charge in [-0.2, -0.15) is 5.10 Å². The van der Waals surface area contributed by atoms with Crippen LogP contribution >= 0.6 is 0 Å². The summed E-state index contributed by atoms with van der Waals surface area (Å²) in [4.78, 5) is 15.1. The van der Waals surface area contributed by atoms with Gasteiger partial charge in [0.05, 0.1) is 5.69 Å². The molecule has 1 atom stereocenters. The van der Waals surface area contributed by atoms with Crippen LogP contribution in [0.5, 0.6) is 11.5 Å². The summed E-state index contributed by atoms with van der Waals surface area (Å²) in [5.41, 5.74) is 2.28. The Hall–Kier alpha value is -3.12. The molecule has 0 bridgehead atoms. The number of carbonyl (C=O) groups excluding carboxylic acids is 1. The van der Waals surface area contributed by atoms with Crippen LogP contribution in [0.3, 0.4) is 0 Å². The number of nitrogens with zero attached hydrogens (tertiary/aromatic N) is 2. The van der Waals surface area contributed by atoms with Crippen LogP contribution in [0.25, 0.3) is 11.3 Å². The highest BCUT2D eigenvalue weighted by molar-refractivity contribution is 5.94. The van der Waals surface area contributed by atoms with Gasteiger partial charge in [-0.3, -0.25) is 9.89 Å². The lowest BCUT2D eigenvalue weighted by Gasteiger charge is -2.18. The molecule has 1 amide bonds. The standard InChI is InChI=1S/C23H24N4O2.2C2H6/c1-27-14-21(23(15-27)11-12-23)24-22(28)19-13-18(25-26-19)17-9-5-6-10-20(17)29-16-7-3-2-4-8-16;2*1-2/h2-10,13,21H,11-12,14-15H2,1H3,(H,24,28)(H,25,26);2*1-2H3. The third-order valence-electron chi connectivity index (χ3n) is 5.97. The van der Waals surface area contributed by atoms with Gasteiger partial charge in [-0.25, -0.2) is 0 Å². The summed E-state index contributed by atoms with van der Waals surface area (Å²) in [6.45, 7) is 9.97. The molecular formula is C27H36N4O2. The van der Waals surface area contributed by atoms with Crippen molar-refractivity contribution in [3.8, 4) is 22.8 Å². The predicted octanol–water partition coefficient (Wildman–Crippen LogP) is 5.75. The summed E-state index contributed by atoms with van der Waals surface area (Å²) < 4.78 is 6.03. The van der Waals surface area contributed by atoms with Gasteiger partial charge in [-0.05, 0) is 50.2 Å². The van der Waals surface area contributed by atoms with E-state index in [0.717, 1.165) is 24.4 Å². The van der Waals surface area contributed by atoms with E-state index in [-0.39, 0.29) is 17.4 Å². The second kappa shape index (κ2) is 11.1. The number of H-pyrrole nitrogens is 1. The van der Waals surface area contributed by atoms with Crippen LogP contribution in [0.2, 0.25) is 0 Å². The van der Waals surface area contributed by atoms with Gasteiger partial charge in [0.1, 0.15) is 17.2 Å². The molecule has 6 heteroatoms. The fraction of sp³-hybridized carbons (Fsp3) is 0.407. The quantitative estimate of drug-likeness (QED) is 0.522. The van der Waals surface area contributed by atoms with E-state index in [4.69, 9.17) is 4.74 Å². The van der Waals surface area contributed by atoms with Gasteiger partial charge in [0, 0.05) is 30.1 Å². The smallest absolute Gasteiger partial charge is 0.269 e. The molecule has 5 rings (SSSR count). The number of ether oxygens (including phenoxy) is 1. The normalized spacial score (nSPS) is 17.9. The number of likely N-dealkylation sites (tertiary alicyclic amines) is 1. The second-order valence-electron chi connectivity index (χ2n) is 8.16. The maximum atomic E-state index is 12.8.